The maximum Gasteiger partial charge on any atom is 0.115 e. The van der Waals surface area contributed by atoms with E-state index < -0.39 is 0 Å². The van der Waals surface area contributed by atoms with Gasteiger partial charge < -0.3 is 10.8 Å². The van der Waals surface area contributed by atoms with Crippen LogP contribution in [0.2, 0.25) is 5.02 Å². The van der Waals surface area contributed by atoms with Crippen LogP contribution < -0.4 is 10.7 Å². The minimum absolute atomic E-state index is 0.0457. The van der Waals surface area contributed by atoms with E-state index in [4.69, 9.17) is 22.4 Å². The predicted octanol–water partition coefficient (Wildman–Crippen LogP) is 4.98. The van der Waals surface area contributed by atoms with Crippen molar-refractivity contribution >= 4 is 28.7 Å². The lowest BCUT2D eigenvalue weighted by Crippen LogP contribution is -2.18. The molecule has 4 nitrogen and oxygen atoms in total. The van der Waals surface area contributed by atoms with E-state index in [1.165, 1.54) is 0 Å². The first-order chi connectivity index (χ1) is 12.6. The molecule has 3 aromatic carbocycles. The highest BCUT2D eigenvalue weighted by molar-refractivity contribution is 6.30. The summed E-state index contributed by atoms with van der Waals surface area (Å²) in [6, 6.07) is 22.7. The van der Waals surface area contributed by atoms with E-state index in [0.29, 0.717) is 5.02 Å². The number of hydrogen-bond donors (Lipinski definition) is 2. The summed E-state index contributed by atoms with van der Waals surface area (Å²) in [6.07, 6.45) is 0.761. The Kier molecular flexibility index (Phi) is 4.27. The summed E-state index contributed by atoms with van der Waals surface area (Å²) >= 11 is 6.03. The van der Waals surface area contributed by atoms with Gasteiger partial charge in [-0.15, -0.1) is 0 Å². The van der Waals surface area contributed by atoms with E-state index in [2.05, 4.69) is 0 Å². The lowest BCUT2D eigenvalue weighted by molar-refractivity contribution is 0.475. The average Bonchev–Trinajstić information content (AvgIpc) is 3.09. The standard InChI is InChI=1S/C21H18ClN3O/c22-16-5-9-18(10-6-16)25-21(15-3-11-19(26)12-4-15)13-20(24-25)14-1-7-17(23)8-2-14/h1-12,21,26H,13,23H2. The van der Waals surface area contributed by atoms with Gasteiger partial charge in [0.1, 0.15) is 5.75 Å². The van der Waals surface area contributed by atoms with Gasteiger partial charge in [0.15, 0.2) is 0 Å². The van der Waals surface area contributed by atoms with Crippen molar-refractivity contribution < 1.29 is 5.11 Å². The van der Waals surface area contributed by atoms with Gasteiger partial charge in [-0.1, -0.05) is 35.9 Å². The fourth-order valence-electron chi connectivity index (χ4n) is 3.15. The van der Waals surface area contributed by atoms with Crippen molar-refractivity contribution in [3.05, 3.63) is 88.9 Å². The third-order valence-corrected chi connectivity index (χ3v) is 4.78. The van der Waals surface area contributed by atoms with Crippen molar-refractivity contribution in [1.82, 2.24) is 0 Å². The largest absolute Gasteiger partial charge is 0.508 e. The van der Waals surface area contributed by atoms with Crippen LogP contribution >= 0.6 is 11.6 Å². The van der Waals surface area contributed by atoms with E-state index in [1.54, 1.807) is 12.1 Å². The number of halogens is 1. The van der Waals surface area contributed by atoms with Gasteiger partial charge in [0.25, 0.3) is 0 Å². The Morgan fingerprint density at radius 3 is 2.23 bits per heavy atom. The van der Waals surface area contributed by atoms with Crippen LogP contribution in [-0.4, -0.2) is 10.8 Å². The van der Waals surface area contributed by atoms with Crippen LogP contribution in [0.1, 0.15) is 23.6 Å². The lowest BCUT2D eigenvalue weighted by Gasteiger charge is -2.24. The second-order valence-corrected chi connectivity index (χ2v) is 6.74. The second kappa shape index (κ2) is 6.73. The smallest absolute Gasteiger partial charge is 0.115 e. The first-order valence-electron chi connectivity index (χ1n) is 8.37. The molecule has 26 heavy (non-hydrogen) atoms. The monoisotopic (exact) mass is 363 g/mol. The molecule has 3 aromatic rings. The van der Waals surface area contributed by atoms with Gasteiger partial charge in [-0.05, 0) is 59.7 Å². The van der Waals surface area contributed by atoms with Crippen LogP contribution in [0, 0.1) is 0 Å². The number of phenolic OH excluding ortho intramolecular Hbond substituents is 1. The zero-order chi connectivity index (χ0) is 18.1. The molecule has 3 N–H and O–H groups in total. The highest BCUT2D eigenvalue weighted by Gasteiger charge is 2.29. The topological polar surface area (TPSA) is 61.8 Å². The summed E-state index contributed by atoms with van der Waals surface area (Å²) in [5, 5.41) is 17.2. The zero-order valence-corrected chi connectivity index (χ0v) is 14.8. The number of nitrogens with two attached hydrogens (primary N) is 1. The normalized spacial score (nSPS) is 16.6. The Morgan fingerprint density at radius 2 is 1.58 bits per heavy atom. The van der Waals surface area contributed by atoms with Gasteiger partial charge in [-0.2, -0.15) is 5.10 Å². The first-order valence-corrected chi connectivity index (χ1v) is 8.75. The van der Waals surface area contributed by atoms with E-state index in [9.17, 15) is 5.11 Å². The van der Waals surface area contributed by atoms with Gasteiger partial charge >= 0.3 is 0 Å². The van der Waals surface area contributed by atoms with Crippen molar-refractivity contribution in [2.45, 2.75) is 12.5 Å². The number of aromatic hydroxyl groups is 1. The summed E-state index contributed by atoms with van der Waals surface area (Å²) in [5.41, 5.74) is 10.7. The van der Waals surface area contributed by atoms with Crippen LogP contribution in [0.25, 0.3) is 0 Å². The molecule has 0 fully saturated rings. The Morgan fingerprint density at radius 1 is 0.923 bits per heavy atom. The maximum atomic E-state index is 9.60. The van der Waals surface area contributed by atoms with Crippen LogP contribution in [-0.2, 0) is 0 Å². The number of nitrogens with zero attached hydrogens (tertiary/aromatic N) is 2. The van der Waals surface area contributed by atoms with E-state index >= 15 is 0 Å². The molecule has 0 aliphatic carbocycles. The molecular weight excluding hydrogens is 346 g/mol. The molecule has 0 aromatic heterocycles. The molecule has 0 radical (unpaired) electrons. The van der Waals surface area contributed by atoms with Crippen molar-refractivity contribution in [3.63, 3.8) is 0 Å². The number of benzene rings is 3. The summed E-state index contributed by atoms with van der Waals surface area (Å²) < 4.78 is 0. The van der Waals surface area contributed by atoms with Crippen LogP contribution in [0.5, 0.6) is 5.75 Å². The molecule has 0 amide bonds. The summed E-state index contributed by atoms with van der Waals surface area (Å²) in [6.45, 7) is 0. The number of hydrazone groups is 1. The zero-order valence-electron chi connectivity index (χ0n) is 14.0. The van der Waals surface area contributed by atoms with Crippen LogP contribution in [0.15, 0.2) is 77.9 Å². The molecule has 0 spiro atoms. The molecular formula is C21H18ClN3O. The second-order valence-electron chi connectivity index (χ2n) is 6.30. The fourth-order valence-corrected chi connectivity index (χ4v) is 3.27. The molecule has 1 aliphatic heterocycles. The molecule has 4 rings (SSSR count). The third kappa shape index (κ3) is 3.24. The molecule has 130 valence electrons. The van der Waals surface area contributed by atoms with Gasteiger partial charge in [-0.25, -0.2) is 0 Å². The van der Waals surface area contributed by atoms with Crippen LogP contribution in [0.3, 0.4) is 0 Å². The SMILES string of the molecule is Nc1ccc(C2=NN(c3ccc(Cl)cc3)C(c3ccc(O)cc3)C2)cc1. The van der Waals surface area contributed by atoms with Crippen molar-refractivity contribution in [1.29, 1.82) is 0 Å². The van der Waals surface area contributed by atoms with Gasteiger partial charge in [0, 0.05) is 17.1 Å². The third-order valence-electron chi connectivity index (χ3n) is 4.52. The number of nitrogen functional groups attached to an aromatic ring is 1. The molecule has 1 aliphatic rings. The highest BCUT2D eigenvalue weighted by Crippen LogP contribution is 2.37. The van der Waals surface area contributed by atoms with Crippen molar-refractivity contribution in [3.8, 4) is 5.75 Å². The number of hydrogen-bond acceptors (Lipinski definition) is 4. The molecule has 1 unspecified atom stereocenters. The Labute approximate surface area is 157 Å². The van der Waals surface area contributed by atoms with E-state index in [-0.39, 0.29) is 11.8 Å². The predicted molar refractivity (Wildman–Crippen MR) is 107 cm³/mol. The van der Waals surface area contributed by atoms with Gasteiger partial charge in [0.2, 0.25) is 0 Å². The minimum Gasteiger partial charge on any atom is -0.508 e. The molecule has 5 heteroatoms. The molecule has 1 heterocycles. The Hall–Kier alpha value is -2.98. The number of rotatable bonds is 3. The van der Waals surface area contributed by atoms with Crippen LogP contribution in [0.4, 0.5) is 11.4 Å². The highest BCUT2D eigenvalue weighted by atomic mass is 35.5. The molecule has 1 atom stereocenters. The average molecular weight is 364 g/mol. The Bertz CT molecular complexity index is 935. The van der Waals surface area contributed by atoms with E-state index in [0.717, 1.165) is 34.6 Å². The fraction of sp³-hybridized carbons (Fsp3) is 0.0952. The summed E-state index contributed by atoms with van der Waals surface area (Å²) in [7, 11) is 0. The van der Waals surface area contributed by atoms with Gasteiger partial charge in [0.05, 0.1) is 17.4 Å². The quantitative estimate of drug-likeness (QED) is 0.645. The molecule has 0 bridgehead atoms. The lowest BCUT2D eigenvalue weighted by atomic mass is 9.98. The van der Waals surface area contributed by atoms with Crippen molar-refractivity contribution in [2.24, 2.45) is 5.10 Å². The Balaban J connectivity index is 1.74. The van der Waals surface area contributed by atoms with Crippen molar-refractivity contribution in [2.75, 3.05) is 10.7 Å². The summed E-state index contributed by atoms with van der Waals surface area (Å²) in [4.78, 5) is 0. The molecule has 0 saturated carbocycles. The number of phenols is 1. The maximum absolute atomic E-state index is 9.60. The molecule has 0 saturated heterocycles. The minimum atomic E-state index is 0.0457. The van der Waals surface area contributed by atoms with Gasteiger partial charge in [-0.3, -0.25) is 5.01 Å². The summed E-state index contributed by atoms with van der Waals surface area (Å²) in [5.74, 6) is 0.254. The first kappa shape index (κ1) is 16.5. The number of anilines is 2. The van der Waals surface area contributed by atoms with E-state index in [1.807, 2.05) is 65.7 Å².